The van der Waals surface area contributed by atoms with Crippen LogP contribution in [0.25, 0.3) is 22.2 Å². The van der Waals surface area contributed by atoms with Gasteiger partial charge in [0, 0.05) is 11.4 Å². The number of hydrogen-bond acceptors (Lipinski definition) is 4. The van der Waals surface area contributed by atoms with Gasteiger partial charge in [0.05, 0.1) is 35.2 Å². The van der Waals surface area contributed by atoms with Gasteiger partial charge in [-0.25, -0.2) is 0 Å². The van der Waals surface area contributed by atoms with E-state index in [9.17, 15) is 10.4 Å². The van der Waals surface area contributed by atoms with Crippen LogP contribution in [0.4, 0.5) is 0 Å². The molecule has 1 saturated carbocycles. The summed E-state index contributed by atoms with van der Waals surface area (Å²) in [6.07, 6.45) is 5.74. The van der Waals surface area contributed by atoms with Gasteiger partial charge in [0.25, 0.3) is 0 Å². The summed E-state index contributed by atoms with van der Waals surface area (Å²) >= 11 is 0. The van der Waals surface area contributed by atoms with Crippen LogP contribution in [-0.2, 0) is 11.2 Å². The zero-order chi connectivity index (χ0) is 28.2. The normalized spacial score (nSPS) is 13.5. The first-order valence-corrected chi connectivity index (χ1v) is 13.9. The van der Waals surface area contributed by atoms with E-state index in [0.717, 1.165) is 59.4 Å². The number of nitrogens with zero attached hydrogens (tertiary/aromatic N) is 2. The Morgan fingerprint density at radius 2 is 1.84 bits per heavy atom. The topological polar surface area (TPSA) is 84.2 Å². The van der Waals surface area contributed by atoms with E-state index in [1.54, 1.807) is 0 Å². The fourth-order valence-corrected chi connectivity index (χ4v) is 4.50. The number of aromatic nitrogens is 1. The molecule has 38 heavy (non-hydrogen) atoms. The molecule has 1 heterocycles. The largest absolute Gasteiger partial charge is 0.499 e. The fourth-order valence-electron chi connectivity index (χ4n) is 4.50. The molecule has 1 aliphatic carbocycles. The minimum absolute atomic E-state index is 0.256. The van der Waals surface area contributed by atoms with Crippen LogP contribution in [0.1, 0.15) is 82.5 Å². The fraction of sp³-hybridized carbons (Fsp3) is 0.485. The molecule has 1 atom stereocenters. The number of aliphatic hydroxyl groups excluding tert-OH is 1. The second kappa shape index (κ2) is 15.4. The van der Waals surface area contributed by atoms with Gasteiger partial charge in [0.2, 0.25) is 0 Å². The van der Waals surface area contributed by atoms with Crippen molar-refractivity contribution >= 4 is 10.9 Å². The average Bonchev–Trinajstić information content (AvgIpc) is 3.20. The number of fused-ring (bicyclic) bond motifs is 1. The Morgan fingerprint density at radius 1 is 1.18 bits per heavy atom. The molecule has 1 unspecified atom stereocenters. The molecule has 5 nitrogen and oxygen atoms in total. The number of aryl methyl sites for hydroxylation is 2. The molecule has 0 radical (unpaired) electrons. The molecule has 3 aromatic rings. The summed E-state index contributed by atoms with van der Waals surface area (Å²) in [6, 6.07) is 18.0. The molecule has 206 valence electrons. The van der Waals surface area contributed by atoms with Gasteiger partial charge in [-0.3, -0.25) is 0 Å². The van der Waals surface area contributed by atoms with Gasteiger partial charge in [-0.1, -0.05) is 63.2 Å². The molecule has 0 amide bonds. The zero-order valence-corrected chi connectivity index (χ0v) is 24.3. The molecule has 0 saturated heterocycles. The number of nitriles is 1. The van der Waals surface area contributed by atoms with Crippen molar-refractivity contribution in [2.45, 2.75) is 85.3 Å². The van der Waals surface area contributed by atoms with Gasteiger partial charge in [-0.15, -0.1) is 0 Å². The Kier molecular flexibility index (Phi) is 12.6. The number of aliphatic hydroxyl groups is 1. The van der Waals surface area contributed by atoms with Gasteiger partial charge in [-0.2, -0.15) is 5.26 Å². The predicted octanol–water partition coefficient (Wildman–Crippen LogP) is 7.68. The van der Waals surface area contributed by atoms with Crippen molar-refractivity contribution in [3.63, 3.8) is 0 Å². The maximum Gasteiger partial charge on any atom is 0.102 e. The molecule has 1 fully saturated rings. The van der Waals surface area contributed by atoms with Gasteiger partial charge < -0.3 is 20.1 Å². The van der Waals surface area contributed by atoms with Crippen molar-refractivity contribution in [2.75, 3.05) is 13.7 Å². The van der Waals surface area contributed by atoms with Crippen LogP contribution in [0.3, 0.4) is 0 Å². The van der Waals surface area contributed by atoms with Crippen LogP contribution in [0, 0.1) is 24.2 Å². The third-order valence-corrected chi connectivity index (χ3v) is 6.84. The Bertz CT molecular complexity index is 1200. The summed E-state index contributed by atoms with van der Waals surface area (Å²) in [5.74, 6) is 1.41. The number of ether oxygens (including phenoxy) is 1. The van der Waals surface area contributed by atoms with Crippen LogP contribution < -0.4 is 5.73 Å². The molecule has 0 aliphatic heterocycles. The lowest BCUT2D eigenvalue weighted by atomic mass is 9.92. The van der Waals surface area contributed by atoms with Crippen LogP contribution in [0.15, 0.2) is 54.8 Å². The Morgan fingerprint density at radius 3 is 2.32 bits per heavy atom. The van der Waals surface area contributed by atoms with Crippen LogP contribution in [-0.4, -0.2) is 29.4 Å². The Labute approximate surface area is 229 Å². The van der Waals surface area contributed by atoms with E-state index in [1.165, 1.54) is 37.4 Å². The maximum absolute atomic E-state index is 10.1. The Balaban J connectivity index is 0.000000437. The molecular weight excluding hydrogens is 470 g/mol. The number of hydrogen-bond donors (Lipinski definition) is 2. The average molecular weight is 518 g/mol. The molecule has 1 aromatic heterocycles. The summed E-state index contributed by atoms with van der Waals surface area (Å²) in [6.45, 7) is 14.6. The van der Waals surface area contributed by atoms with Gasteiger partial charge >= 0.3 is 0 Å². The highest BCUT2D eigenvalue weighted by atomic mass is 16.5. The Hall–Kier alpha value is -3.07. The lowest BCUT2D eigenvalue weighted by Crippen LogP contribution is -2.17. The lowest BCUT2D eigenvalue weighted by Gasteiger charge is -2.30. The number of benzene rings is 2. The first kappa shape index (κ1) is 31.1. The minimum Gasteiger partial charge on any atom is -0.499 e. The van der Waals surface area contributed by atoms with E-state index < -0.39 is 0 Å². The van der Waals surface area contributed by atoms with Crippen molar-refractivity contribution < 1.29 is 9.84 Å². The molecule has 0 spiro atoms. The van der Waals surface area contributed by atoms with Gasteiger partial charge in [-0.05, 0) is 88.6 Å². The van der Waals surface area contributed by atoms with Crippen LogP contribution in [0.5, 0.6) is 0 Å². The van der Waals surface area contributed by atoms with E-state index in [1.807, 2.05) is 13.8 Å². The molecule has 5 heteroatoms. The van der Waals surface area contributed by atoms with E-state index in [4.69, 9.17) is 4.74 Å². The second-order valence-electron chi connectivity index (χ2n) is 10.5. The molecule has 4 rings (SSSR count). The monoisotopic (exact) mass is 517 g/mol. The highest BCUT2D eigenvalue weighted by molar-refractivity contribution is 5.95. The third kappa shape index (κ3) is 8.21. The van der Waals surface area contributed by atoms with Gasteiger partial charge in [0.15, 0.2) is 0 Å². The predicted molar refractivity (Wildman–Crippen MR) is 160 cm³/mol. The molecular formula is C33H47N3O2. The summed E-state index contributed by atoms with van der Waals surface area (Å²) < 4.78 is 7.52. The van der Waals surface area contributed by atoms with Crippen molar-refractivity contribution in [1.29, 1.82) is 5.26 Å². The van der Waals surface area contributed by atoms with Crippen LogP contribution in [0.2, 0.25) is 0 Å². The SMILES string of the molecule is C=C(C)OCC(C)C.CCC(O)CCc1ccc2c(c1)c(C#N)c(-c1ccc(C)cc1)n2C1CCC1.CN. The lowest BCUT2D eigenvalue weighted by molar-refractivity contribution is 0.160. The quantitative estimate of drug-likeness (QED) is 0.285. The second-order valence-corrected chi connectivity index (χ2v) is 10.5. The minimum atomic E-state index is -0.256. The maximum atomic E-state index is 10.1. The van der Waals surface area contributed by atoms with Gasteiger partial charge in [0.1, 0.15) is 6.07 Å². The van der Waals surface area contributed by atoms with E-state index in [-0.39, 0.29) is 6.10 Å². The van der Waals surface area contributed by atoms with Crippen molar-refractivity contribution in [2.24, 2.45) is 11.7 Å². The molecule has 3 N–H and O–H groups in total. The van der Waals surface area contributed by atoms with E-state index in [0.29, 0.717) is 12.0 Å². The van der Waals surface area contributed by atoms with Crippen molar-refractivity contribution in [1.82, 2.24) is 4.57 Å². The molecule has 1 aliphatic rings. The summed E-state index contributed by atoms with van der Waals surface area (Å²) in [5, 5.41) is 21.0. The number of rotatable bonds is 9. The summed E-state index contributed by atoms with van der Waals surface area (Å²) in [5.41, 5.74) is 11.0. The van der Waals surface area contributed by atoms with E-state index in [2.05, 4.69) is 86.2 Å². The van der Waals surface area contributed by atoms with Crippen LogP contribution >= 0.6 is 0 Å². The van der Waals surface area contributed by atoms with Crippen molar-refractivity contribution in [3.8, 4) is 17.3 Å². The molecule has 2 aromatic carbocycles. The van der Waals surface area contributed by atoms with E-state index >= 15 is 0 Å². The summed E-state index contributed by atoms with van der Waals surface area (Å²) in [4.78, 5) is 0. The smallest absolute Gasteiger partial charge is 0.102 e. The molecule has 0 bridgehead atoms. The number of allylic oxidation sites excluding steroid dienone is 1. The highest BCUT2D eigenvalue weighted by Gasteiger charge is 2.27. The standard InChI is InChI=1S/C25H28N2O.C7H14O.CH5N/c1-3-21(28)13-9-18-10-14-24-22(15-18)23(16-26)25(27(24)20-5-4-6-20)19-11-7-17(2)8-12-19;1-6(2)5-8-7(3)4;1-2/h7-8,10-12,14-15,20-21,28H,3-6,9,13H2,1-2H3;6H,3,5H2,1-2,4H3;2H2,1H3. The first-order valence-electron chi connectivity index (χ1n) is 13.9. The highest BCUT2D eigenvalue weighted by Crippen LogP contribution is 2.42. The third-order valence-electron chi connectivity index (χ3n) is 6.84. The summed E-state index contributed by atoms with van der Waals surface area (Å²) in [7, 11) is 1.50. The van der Waals surface area contributed by atoms with Crippen molar-refractivity contribution in [3.05, 3.63) is 71.5 Å². The zero-order valence-electron chi connectivity index (χ0n) is 24.3. The number of nitrogens with two attached hydrogens (primary N) is 1. The first-order chi connectivity index (χ1) is 18.2.